The molecule has 0 spiro atoms. The topological polar surface area (TPSA) is 60.4 Å². The van der Waals surface area contributed by atoms with Gasteiger partial charge >= 0.3 is 5.97 Å². The Hall–Kier alpha value is -2.28. The van der Waals surface area contributed by atoms with Gasteiger partial charge in [0.15, 0.2) is 5.96 Å². The Morgan fingerprint density at radius 2 is 1.87 bits per heavy atom. The summed E-state index contributed by atoms with van der Waals surface area (Å²) >= 11 is 0. The van der Waals surface area contributed by atoms with Crippen molar-refractivity contribution in [1.29, 1.82) is 0 Å². The summed E-state index contributed by atoms with van der Waals surface area (Å²) in [7, 11) is 1.47. The second kappa shape index (κ2) is 11.9. The third-order valence-electron chi connectivity index (χ3n) is 6.39. The maximum atomic E-state index is 12.0. The number of carbonyl (C=O) groups is 1. The molecule has 2 atom stereocenters. The number of piperazine rings is 1. The predicted octanol–water partition coefficient (Wildman–Crippen LogP) is 2.30. The number of hydrogen-bond acceptors (Lipinski definition) is 5. The first-order valence-corrected chi connectivity index (χ1v) is 11.8. The maximum Gasteiger partial charge on any atom is 0.310 e. The summed E-state index contributed by atoms with van der Waals surface area (Å²) in [6.45, 7) is 13.0. The van der Waals surface area contributed by atoms with Crippen LogP contribution in [0.1, 0.15) is 26.7 Å². The van der Waals surface area contributed by atoms with Crippen LogP contribution in [0.2, 0.25) is 0 Å². The Kier molecular flexibility index (Phi) is 9.00. The highest BCUT2D eigenvalue weighted by molar-refractivity contribution is 5.82. The molecular formula is C24H39N5O2. The van der Waals surface area contributed by atoms with Crippen LogP contribution in [-0.4, -0.2) is 87.7 Å². The number of guanidine groups is 1. The van der Waals surface area contributed by atoms with E-state index in [4.69, 9.17) is 9.73 Å². The van der Waals surface area contributed by atoms with E-state index in [2.05, 4.69) is 64.2 Å². The molecule has 2 fully saturated rings. The van der Waals surface area contributed by atoms with E-state index >= 15 is 0 Å². The molecule has 31 heavy (non-hydrogen) atoms. The van der Waals surface area contributed by atoms with Crippen LogP contribution >= 0.6 is 0 Å². The fourth-order valence-electron chi connectivity index (χ4n) is 4.52. The molecule has 172 valence electrons. The molecule has 7 nitrogen and oxygen atoms in total. The fraction of sp³-hybridized carbons (Fsp3) is 0.667. The smallest absolute Gasteiger partial charge is 0.310 e. The van der Waals surface area contributed by atoms with E-state index in [1.165, 1.54) is 12.8 Å². The molecule has 0 saturated carbocycles. The van der Waals surface area contributed by atoms with Gasteiger partial charge in [-0.1, -0.05) is 25.1 Å². The van der Waals surface area contributed by atoms with Gasteiger partial charge in [-0.05, 0) is 44.4 Å². The number of likely N-dealkylation sites (tertiary alicyclic amines) is 1. The number of para-hydroxylation sites is 1. The third kappa shape index (κ3) is 6.60. The van der Waals surface area contributed by atoms with Crippen LogP contribution in [0.25, 0.3) is 0 Å². The molecule has 0 bridgehead atoms. The summed E-state index contributed by atoms with van der Waals surface area (Å²) in [5.41, 5.74) is 1.33. The third-order valence-corrected chi connectivity index (χ3v) is 6.39. The zero-order valence-electron chi connectivity index (χ0n) is 19.4. The molecule has 2 aliphatic rings. The van der Waals surface area contributed by atoms with Gasteiger partial charge in [-0.2, -0.15) is 0 Å². The van der Waals surface area contributed by atoms with Crippen molar-refractivity contribution >= 4 is 17.6 Å². The van der Waals surface area contributed by atoms with Gasteiger partial charge in [0.1, 0.15) is 0 Å². The van der Waals surface area contributed by atoms with Crippen LogP contribution < -0.4 is 10.2 Å². The van der Waals surface area contributed by atoms with Crippen LogP contribution in [0.15, 0.2) is 35.3 Å². The lowest BCUT2D eigenvalue weighted by Crippen LogP contribution is -2.46. The van der Waals surface area contributed by atoms with Crippen LogP contribution in [-0.2, 0) is 9.53 Å². The SMILES string of the molecule is CCNC(=NCCCCN1CCN(c2ccccc2)CC1)N1CC(C)C(C(=O)OC)C1. The van der Waals surface area contributed by atoms with Crippen LogP contribution in [0, 0.1) is 11.8 Å². The number of nitrogens with one attached hydrogen (secondary N) is 1. The lowest BCUT2D eigenvalue weighted by molar-refractivity contribution is -0.145. The molecule has 7 heteroatoms. The van der Waals surface area contributed by atoms with Crippen molar-refractivity contribution in [3.63, 3.8) is 0 Å². The summed E-state index contributed by atoms with van der Waals surface area (Å²) in [5.74, 6) is 1.03. The standard InChI is InChI=1S/C24H39N5O2/c1-4-25-24(29-18-20(2)22(19-29)23(30)31-3)26-12-8-9-13-27-14-16-28(17-15-27)21-10-6-5-7-11-21/h5-7,10-11,20,22H,4,8-9,12-19H2,1-3H3,(H,25,26). The highest BCUT2D eigenvalue weighted by atomic mass is 16.5. The molecule has 1 aromatic carbocycles. The Morgan fingerprint density at radius 1 is 1.13 bits per heavy atom. The van der Waals surface area contributed by atoms with Gasteiger partial charge in [-0.15, -0.1) is 0 Å². The largest absolute Gasteiger partial charge is 0.469 e. The number of aliphatic imine (C=N–C) groups is 1. The van der Waals surface area contributed by atoms with E-state index in [1.54, 1.807) is 0 Å². The lowest BCUT2D eigenvalue weighted by atomic mass is 9.99. The van der Waals surface area contributed by atoms with E-state index in [-0.39, 0.29) is 17.8 Å². The van der Waals surface area contributed by atoms with Crippen molar-refractivity contribution in [2.24, 2.45) is 16.8 Å². The zero-order chi connectivity index (χ0) is 22.1. The van der Waals surface area contributed by atoms with Crippen molar-refractivity contribution < 1.29 is 9.53 Å². The Bertz CT molecular complexity index is 703. The first kappa shape index (κ1) is 23.4. The predicted molar refractivity (Wildman–Crippen MR) is 127 cm³/mol. The van der Waals surface area contributed by atoms with Crippen molar-refractivity contribution in [1.82, 2.24) is 15.1 Å². The number of unbranched alkanes of at least 4 members (excludes halogenated alkanes) is 1. The molecule has 0 radical (unpaired) electrons. The van der Waals surface area contributed by atoms with Gasteiger partial charge in [0, 0.05) is 58.0 Å². The van der Waals surface area contributed by atoms with Crippen LogP contribution in [0.5, 0.6) is 0 Å². The second-order valence-electron chi connectivity index (χ2n) is 8.62. The molecule has 0 aliphatic carbocycles. The molecular weight excluding hydrogens is 390 g/mol. The van der Waals surface area contributed by atoms with Gasteiger partial charge in [0.05, 0.1) is 13.0 Å². The van der Waals surface area contributed by atoms with Crippen molar-refractivity contribution in [2.45, 2.75) is 26.7 Å². The molecule has 2 unspecified atom stereocenters. The van der Waals surface area contributed by atoms with Crippen LogP contribution in [0.4, 0.5) is 5.69 Å². The first-order valence-electron chi connectivity index (χ1n) is 11.8. The van der Waals surface area contributed by atoms with Crippen molar-refractivity contribution in [3.05, 3.63) is 30.3 Å². The Labute approximate surface area is 187 Å². The molecule has 2 heterocycles. The first-order chi connectivity index (χ1) is 15.1. The molecule has 3 rings (SSSR count). The lowest BCUT2D eigenvalue weighted by Gasteiger charge is -2.36. The highest BCUT2D eigenvalue weighted by Crippen LogP contribution is 2.24. The summed E-state index contributed by atoms with van der Waals surface area (Å²) in [6, 6.07) is 10.7. The zero-order valence-corrected chi connectivity index (χ0v) is 19.4. The van der Waals surface area contributed by atoms with Gasteiger partial charge in [-0.25, -0.2) is 0 Å². The minimum absolute atomic E-state index is 0.0663. The van der Waals surface area contributed by atoms with Gasteiger partial charge in [0.25, 0.3) is 0 Å². The summed E-state index contributed by atoms with van der Waals surface area (Å²) in [5, 5.41) is 3.39. The molecule has 0 aromatic heterocycles. The average molecular weight is 430 g/mol. The number of methoxy groups -OCH3 is 1. The van der Waals surface area contributed by atoms with Crippen molar-refractivity contribution in [2.75, 3.05) is 70.9 Å². The minimum Gasteiger partial charge on any atom is -0.469 e. The molecule has 2 saturated heterocycles. The van der Waals surface area contributed by atoms with E-state index in [0.717, 1.165) is 71.2 Å². The normalized spacial score (nSPS) is 22.6. The molecule has 2 aliphatic heterocycles. The monoisotopic (exact) mass is 429 g/mol. The highest BCUT2D eigenvalue weighted by Gasteiger charge is 2.36. The van der Waals surface area contributed by atoms with Crippen LogP contribution in [0.3, 0.4) is 0 Å². The quantitative estimate of drug-likeness (QED) is 0.296. The van der Waals surface area contributed by atoms with Gasteiger partial charge in [0.2, 0.25) is 0 Å². The van der Waals surface area contributed by atoms with E-state index in [9.17, 15) is 4.79 Å². The molecule has 1 aromatic rings. The number of benzene rings is 1. The Morgan fingerprint density at radius 3 is 2.55 bits per heavy atom. The van der Waals surface area contributed by atoms with E-state index in [1.807, 2.05) is 0 Å². The van der Waals surface area contributed by atoms with Gasteiger partial charge < -0.3 is 19.9 Å². The van der Waals surface area contributed by atoms with Gasteiger partial charge in [-0.3, -0.25) is 14.7 Å². The average Bonchev–Trinajstić information content (AvgIpc) is 3.20. The van der Waals surface area contributed by atoms with E-state index < -0.39 is 0 Å². The summed E-state index contributed by atoms with van der Waals surface area (Å²) in [4.78, 5) is 24.1. The number of rotatable bonds is 8. The number of carbonyl (C=O) groups excluding carboxylic acids is 1. The summed E-state index contributed by atoms with van der Waals surface area (Å²) in [6.07, 6.45) is 2.24. The second-order valence-corrected chi connectivity index (χ2v) is 8.62. The number of ether oxygens (including phenoxy) is 1. The van der Waals surface area contributed by atoms with E-state index in [0.29, 0.717) is 6.54 Å². The fourth-order valence-corrected chi connectivity index (χ4v) is 4.52. The molecule has 0 amide bonds. The minimum atomic E-state index is -0.113. The number of anilines is 1. The van der Waals surface area contributed by atoms with Crippen molar-refractivity contribution in [3.8, 4) is 0 Å². The molecule has 1 N–H and O–H groups in total. The summed E-state index contributed by atoms with van der Waals surface area (Å²) < 4.78 is 4.96. The number of nitrogens with zero attached hydrogens (tertiary/aromatic N) is 4. The number of hydrogen-bond donors (Lipinski definition) is 1. The maximum absolute atomic E-state index is 12.0. The number of esters is 1. The Balaban J connectivity index is 1.38.